The summed E-state index contributed by atoms with van der Waals surface area (Å²) in [6.45, 7) is 2.06. The Morgan fingerprint density at radius 3 is 2.75 bits per heavy atom. The Labute approximate surface area is 133 Å². The van der Waals surface area contributed by atoms with Gasteiger partial charge in [0.15, 0.2) is 0 Å². The number of furan rings is 1. The smallest absolute Gasteiger partial charge is 0.149 e. The van der Waals surface area contributed by atoms with Crippen molar-refractivity contribution in [3.05, 3.63) is 34.5 Å². The molecular formula is C15H17BrClNO2. The van der Waals surface area contributed by atoms with Gasteiger partial charge in [0.2, 0.25) is 0 Å². The van der Waals surface area contributed by atoms with Gasteiger partial charge in [0.05, 0.1) is 11.6 Å². The Kier molecular flexibility index (Phi) is 4.78. The number of rotatable bonds is 2. The molecule has 0 spiro atoms. The van der Waals surface area contributed by atoms with E-state index in [0.29, 0.717) is 0 Å². The highest BCUT2D eigenvalue weighted by molar-refractivity contribution is 9.10. The molecule has 1 aromatic heterocycles. The maximum atomic E-state index is 5.98. The highest BCUT2D eigenvalue weighted by Gasteiger charge is 2.15. The Hall–Kier alpha value is -0.970. The lowest BCUT2D eigenvalue weighted by Crippen LogP contribution is -2.23. The SMILES string of the molecule is COc1cc(Br)c2oc(C3=CCN(C)CC3)cc2c1.Cl. The van der Waals surface area contributed by atoms with Crippen LogP contribution in [-0.2, 0) is 0 Å². The van der Waals surface area contributed by atoms with Gasteiger partial charge in [-0.1, -0.05) is 6.08 Å². The molecule has 0 bridgehead atoms. The molecule has 1 aliphatic heterocycles. The summed E-state index contributed by atoms with van der Waals surface area (Å²) >= 11 is 3.53. The third-order valence-corrected chi connectivity index (χ3v) is 4.10. The number of hydrogen-bond donors (Lipinski definition) is 0. The molecule has 0 saturated heterocycles. The molecule has 0 N–H and O–H groups in total. The summed E-state index contributed by atoms with van der Waals surface area (Å²) in [6.07, 6.45) is 3.28. The topological polar surface area (TPSA) is 25.6 Å². The van der Waals surface area contributed by atoms with E-state index in [2.05, 4.69) is 40.0 Å². The zero-order chi connectivity index (χ0) is 13.4. The van der Waals surface area contributed by atoms with Crippen molar-refractivity contribution in [2.45, 2.75) is 6.42 Å². The predicted octanol–water partition coefficient (Wildman–Crippen LogP) is 4.34. The van der Waals surface area contributed by atoms with E-state index in [4.69, 9.17) is 9.15 Å². The molecule has 108 valence electrons. The van der Waals surface area contributed by atoms with Crippen LogP contribution in [0.1, 0.15) is 12.2 Å². The molecule has 0 amide bonds. The van der Waals surface area contributed by atoms with E-state index < -0.39 is 0 Å². The van der Waals surface area contributed by atoms with Gasteiger partial charge in [-0.3, -0.25) is 0 Å². The summed E-state index contributed by atoms with van der Waals surface area (Å²) in [4.78, 5) is 2.30. The quantitative estimate of drug-likeness (QED) is 0.798. The van der Waals surface area contributed by atoms with E-state index in [1.807, 2.05) is 12.1 Å². The van der Waals surface area contributed by atoms with Crippen LogP contribution in [-0.4, -0.2) is 32.1 Å². The third kappa shape index (κ3) is 2.87. The summed E-state index contributed by atoms with van der Waals surface area (Å²) in [5, 5.41) is 1.07. The first-order chi connectivity index (χ1) is 9.17. The van der Waals surface area contributed by atoms with E-state index in [-0.39, 0.29) is 12.4 Å². The molecule has 5 heteroatoms. The summed E-state index contributed by atoms with van der Waals surface area (Å²) < 4.78 is 12.2. The van der Waals surface area contributed by atoms with Gasteiger partial charge in [-0.25, -0.2) is 0 Å². The van der Waals surface area contributed by atoms with Crippen molar-refractivity contribution in [3.63, 3.8) is 0 Å². The van der Waals surface area contributed by atoms with Crippen molar-refractivity contribution in [2.75, 3.05) is 27.2 Å². The van der Waals surface area contributed by atoms with Gasteiger partial charge < -0.3 is 14.1 Å². The van der Waals surface area contributed by atoms with E-state index in [9.17, 15) is 0 Å². The number of hydrogen-bond acceptors (Lipinski definition) is 3. The molecule has 0 aliphatic carbocycles. The number of benzene rings is 1. The second-order valence-corrected chi connectivity index (χ2v) is 5.73. The van der Waals surface area contributed by atoms with Crippen LogP contribution in [0.4, 0.5) is 0 Å². The van der Waals surface area contributed by atoms with Crippen molar-refractivity contribution >= 4 is 44.9 Å². The van der Waals surface area contributed by atoms with Crippen LogP contribution in [0.25, 0.3) is 16.5 Å². The minimum absolute atomic E-state index is 0. The van der Waals surface area contributed by atoms with Gasteiger partial charge in [0, 0.05) is 18.5 Å². The average Bonchev–Trinajstić information content (AvgIpc) is 2.84. The van der Waals surface area contributed by atoms with Crippen molar-refractivity contribution in [1.29, 1.82) is 0 Å². The van der Waals surface area contributed by atoms with Crippen molar-refractivity contribution in [3.8, 4) is 5.75 Å². The van der Waals surface area contributed by atoms with Gasteiger partial charge >= 0.3 is 0 Å². The number of halogens is 2. The zero-order valence-corrected chi connectivity index (χ0v) is 13.9. The first kappa shape index (κ1) is 15.4. The molecule has 0 radical (unpaired) electrons. The number of methoxy groups -OCH3 is 1. The van der Waals surface area contributed by atoms with Crippen LogP contribution in [0.5, 0.6) is 5.75 Å². The number of fused-ring (bicyclic) bond motifs is 1. The molecule has 20 heavy (non-hydrogen) atoms. The second-order valence-electron chi connectivity index (χ2n) is 4.88. The van der Waals surface area contributed by atoms with Crippen LogP contribution < -0.4 is 4.74 Å². The van der Waals surface area contributed by atoms with Crippen LogP contribution in [0, 0.1) is 0 Å². The fourth-order valence-corrected chi connectivity index (χ4v) is 2.89. The summed E-state index contributed by atoms with van der Waals surface area (Å²) in [6, 6.07) is 6.03. The average molecular weight is 359 g/mol. The normalized spacial score (nSPS) is 15.8. The third-order valence-electron chi connectivity index (χ3n) is 3.51. The Bertz CT molecular complexity index is 651. The van der Waals surface area contributed by atoms with Crippen LogP contribution in [0.15, 0.2) is 33.2 Å². The molecule has 2 heterocycles. The first-order valence-electron chi connectivity index (χ1n) is 6.32. The molecule has 0 saturated carbocycles. The van der Waals surface area contributed by atoms with E-state index >= 15 is 0 Å². The van der Waals surface area contributed by atoms with Crippen LogP contribution in [0.3, 0.4) is 0 Å². The Morgan fingerprint density at radius 2 is 2.10 bits per heavy atom. The van der Waals surface area contributed by atoms with E-state index in [0.717, 1.165) is 46.5 Å². The molecule has 0 fully saturated rings. The molecular weight excluding hydrogens is 342 g/mol. The second kappa shape index (κ2) is 6.20. The molecule has 3 nitrogen and oxygen atoms in total. The fourth-order valence-electron chi connectivity index (χ4n) is 2.35. The zero-order valence-electron chi connectivity index (χ0n) is 11.5. The van der Waals surface area contributed by atoms with Gasteiger partial charge in [-0.2, -0.15) is 0 Å². The largest absolute Gasteiger partial charge is 0.497 e. The summed E-state index contributed by atoms with van der Waals surface area (Å²) in [5.74, 6) is 1.81. The predicted molar refractivity (Wildman–Crippen MR) is 87.8 cm³/mol. The highest BCUT2D eigenvalue weighted by Crippen LogP contribution is 2.35. The van der Waals surface area contributed by atoms with E-state index in [1.165, 1.54) is 5.57 Å². The first-order valence-corrected chi connectivity index (χ1v) is 7.11. The Balaban J connectivity index is 0.00000147. The minimum Gasteiger partial charge on any atom is -0.497 e. The minimum atomic E-state index is 0. The number of likely N-dealkylation sites (N-methyl/N-ethyl adjacent to an activating group) is 1. The summed E-state index contributed by atoms with van der Waals surface area (Å²) in [7, 11) is 3.81. The van der Waals surface area contributed by atoms with Gasteiger partial charge in [-0.15, -0.1) is 12.4 Å². The maximum Gasteiger partial charge on any atom is 0.149 e. The number of ether oxygens (including phenoxy) is 1. The van der Waals surface area contributed by atoms with Crippen molar-refractivity contribution in [1.82, 2.24) is 4.90 Å². The lowest BCUT2D eigenvalue weighted by molar-refractivity contribution is 0.368. The standard InChI is InChI=1S/C15H16BrNO2.ClH/c1-17-5-3-10(4-6-17)14-8-11-7-12(18-2)9-13(16)15(11)19-14;/h3,7-9H,4-6H2,1-2H3;1H. The van der Waals surface area contributed by atoms with Crippen LogP contribution >= 0.6 is 28.3 Å². The monoisotopic (exact) mass is 357 g/mol. The molecule has 3 rings (SSSR count). The van der Waals surface area contributed by atoms with Crippen molar-refractivity contribution in [2.24, 2.45) is 0 Å². The highest BCUT2D eigenvalue weighted by atomic mass is 79.9. The van der Waals surface area contributed by atoms with Gasteiger partial charge in [0.25, 0.3) is 0 Å². The van der Waals surface area contributed by atoms with Crippen LogP contribution in [0.2, 0.25) is 0 Å². The molecule has 0 atom stereocenters. The lowest BCUT2D eigenvalue weighted by atomic mass is 10.1. The number of nitrogens with zero attached hydrogens (tertiary/aromatic N) is 1. The van der Waals surface area contributed by atoms with Gasteiger partial charge in [-0.05, 0) is 53.2 Å². The van der Waals surface area contributed by atoms with E-state index in [1.54, 1.807) is 7.11 Å². The lowest BCUT2D eigenvalue weighted by Gasteiger charge is -2.20. The van der Waals surface area contributed by atoms with Crippen molar-refractivity contribution < 1.29 is 9.15 Å². The fraction of sp³-hybridized carbons (Fsp3) is 0.333. The molecule has 2 aromatic rings. The summed E-state index contributed by atoms with van der Waals surface area (Å²) in [5.41, 5.74) is 2.18. The van der Waals surface area contributed by atoms with Gasteiger partial charge in [0.1, 0.15) is 17.1 Å². The molecule has 1 aliphatic rings. The molecule has 0 unspecified atom stereocenters. The maximum absolute atomic E-state index is 5.98. The Morgan fingerprint density at radius 1 is 1.30 bits per heavy atom. The molecule has 1 aromatic carbocycles.